The van der Waals surface area contributed by atoms with Crippen LogP contribution in [0.5, 0.6) is 0 Å². The largest absolute Gasteiger partial charge is 0.418 e. The van der Waals surface area contributed by atoms with Crippen LogP contribution in [0.15, 0.2) is 53.0 Å². The van der Waals surface area contributed by atoms with Gasteiger partial charge in [0.05, 0.1) is 5.56 Å². The van der Waals surface area contributed by atoms with Gasteiger partial charge in [-0.3, -0.25) is 0 Å². The van der Waals surface area contributed by atoms with E-state index in [0.29, 0.717) is 4.47 Å². The van der Waals surface area contributed by atoms with Crippen molar-refractivity contribution in [2.24, 2.45) is 5.73 Å². The van der Waals surface area contributed by atoms with E-state index < -0.39 is 11.7 Å². The van der Waals surface area contributed by atoms with Crippen LogP contribution >= 0.6 is 15.9 Å². The summed E-state index contributed by atoms with van der Waals surface area (Å²) in [5, 5.41) is 2.78. The predicted octanol–water partition coefficient (Wildman–Crippen LogP) is 4.58. The summed E-state index contributed by atoms with van der Waals surface area (Å²) in [4.78, 5) is 0. The first-order valence-electron chi connectivity index (χ1n) is 6.29. The third-order valence-electron chi connectivity index (χ3n) is 3.03. The number of nitrogens with two attached hydrogens (primary N) is 1. The number of rotatable bonds is 4. The zero-order chi connectivity index (χ0) is 15.5. The van der Waals surface area contributed by atoms with Gasteiger partial charge in [-0.15, -0.1) is 0 Å². The molecule has 0 spiro atoms. The Labute approximate surface area is 129 Å². The molecule has 21 heavy (non-hydrogen) atoms. The quantitative estimate of drug-likeness (QED) is 0.839. The number of anilines is 1. The van der Waals surface area contributed by atoms with Gasteiger partial charge in [-0.25, -0.2) is 0 Å². The van der Waals surface area contributed by atoms with Crippen molar-refractivity contribution < 1.29 is 13.2 Å². The normalized spacial score (nSPS) is 13.0. The van der Waals surface area contributed by atoms with E-state index in [4.69, 9.17) is 5.73 Å². The van der Waals surface area contributed by atoms with E-state index in [9.17, 15) is 13.2 Å². The van der Waals surface area contributed by atoms with Crippen LogP contribution in [0.3, 0.4) is 0 Å². The fourth-order valence-corrected chi connectivity index (χ4v) is 2.30. The highest BCUT2D eigenvalue weighted by molar-refractivity contribution is 9.10. The number of alkyl halides is 3. The third-order valence-corrected chi connectivity index (χ3v) is 3.52. The van der Waals surface area contributed by atoms with Crippen molar-refractivity contribution in [1.29, 1.82) is 0 Å². The Kier molecular flexibility index (Phi) is 4.90. The lowest BCUT2D eigenvalue weighted by Gasteiger charge is -2.18. The van der Waals surface area contributed by atoms with Gasteiger partial charge < -0.3 is 11.1 Å². The molecule has 2 aromatic rings. The minimum absolute atomic E-state index is 0.0251. The fraction of sp³-hybridized carbons (Fsp3) is 0.200. The maximum absolute atomic E-state index is 13.0. The first-order chi connectivity index (χ1) is 9.88. The monoisotopic (exact) mass is 358 g/mol. The van der Waals surface area contributed by atoms with Gasteiger partial charge in [-0.05, 0) is 23.8 Å². The van der Waals surface area contributed by atoms with Gasteiger partial charge in [0.25, 0.3) is 0 Å². The minimum atomic E-state index is -4.41. The Morgan fingerprint density at radius 2 is 1.76 bits per heavy atom. The highest BCUT2D eigenvalue weighted by Crippen LogP contribution is 2.36. The first kappa shape index (κ1) is 15.9. The lowest BCUT2D eigenvalue weighted by atomic mass is 10.1. The lowest BCUT2D eigenvalue weighted by Crippen LogP contribution is -2.22. The Morgan fingerprint density at radius 1 is 1.10 bits per heavy atom. The predicted molar refractivity (Wildman–Crippen MR) is 81.0 cm³/mol. The van der Waals surface area contributed by atoms with Gasteiger partial charge in [-0.1, -0.05) is 46.3 Å². The highest BCUT2D eigenvalue weighted by Gasteiger charge is 2.33. The van der Waals surface area contributed by atoms with E-state index in [1.54, 1.807) is 6.07 Å². The standard InChI is InChI=1S/C15H14BrF3N2/c16-11-6-7-14(12(8-11)15(17,18)19)21-9-13(20)10-4-2-1-3-5-10/h1-8,13,21H,9,20H2. The number of hydrogen-bond donors (Lipinski definition) is 2. The zero-order valence-corrected chi connectivity index (χ0v) is 12.6. The molecule has 112 valence electrons. The van der Waals surface area contributed by atoms with E-state index in [2.05, 4.69) is 21.2 Å². The summed E-state index contributed by atoms with van der Waals surface area (Å²) in [5.74, 6) is 0. The summed E-state index contributed by atoms with van der Waals surface area (Å²) < 4.78 is 39.3. The summed E-state index contributed by atoms with van der Waals surface area (Å²) in [7, 11) is 0. The van der Waals surface area contributed by atoms with Crippen LogP contribution in [0.4, 0.5) is 18.9 Å². The molecule has 2 aromatic carbocycles. The van der Waals surface area contributed by atoms with Crippen molar-refractivity contribution in [2.45, 2.75) is 12.2 Å². The fourth-order valence-electron chi connectivity index (χ4n) is 1.94. The molecule has 6 heteroatoms. The Morgan fingerprint density at radius 3 is 2.38 bits per heavy atom. The van der Waals surface area contributed by atoms with Crippen molar-refractivity contribution in [1.82, 2.24) is 0 Å². The number of halogens is 4. The van der Waals surface area contributed by atoms with Crippen molar-refractivity contribution >= 4 is 21.6 Å². The van der Waals surface area contributed by atoms with Crippen LogP contribution in [-0.2, 0) is 6.18 Å². The summed E-state index contributed by atoms with van der Waals surface area (Å²) >= 11 is 3.05. The van der Waals surface area contributed by atoms with Gasteiger partial charge in [0, 0.05) is 22.7 Å². The molecule has 0 heterocycles. The van der Waals surface area contributed by atoms with Crippen molar-refractivity contribution in [3.63, 3.8) is 0 Å². The second-order valence-corrected chi connectivity index (χ2v) is 5.50. The molecular formula is C15H14BrF3N2. The first-order valence-corrected chi connectivity index (χ1v) is 7.08. The summed E-state index contributed by atoms with van der Waals surface area (Å²) in [5.41, 5.74) is 6.16. The molecule has 0 saturated carbocycles. The van der Waals surface area contributed by atoms with Gasteiger partial charge in [0.2, 0.25) is 0 Å². The SMILES string of the molecule is NC(CNc1ccc(Br)cc1C(F)(F)F)c1ccccc1. The van der Waals surface area contributed by atoms with Gasteiger partial charge in [0.1, 0.15) is 0 Å². The summed E-state index contributed by atoms with van der Waals surface area (Å²) in [6.45, 7) is 0.217. The average Bonchev–Trinajstić information content (AvgIpc) is 2.45. The molecule has 0 aromatic heterocycles. The molecule has 0 radical (unpaired) electrons. The lowest BCUT2D eigenvalue weighted by molar-refractivity contribution is -0.137. The zero-order valence-electron chi connectivity index (χ0n) is 11.0. The van der Waals surface area contributed by atoms with Crippen molar-refractivity contribution in [2.75, 3.05) is 11.9 Å². The Hall–Kier alpha value is -1.53. The molecule has 2 nitrogen and oxygen atoms in total. The maximum atomic E-state index is 13.0. The summed E-state index contributed by atoms with van der Waals surface area (Å²) in [6, 6.07) is 12.9. The van der Waals surface area contributed by atoms with Crippen LogP contribution in [0.2, 0.25) is 0 Å². The molecule has 0 aliphatic heterocycles. The van der Waals surface area contributed by atoms with Gasteiger partial charge >= 0.3 is 6.18 Å². The molecule has 0 fully saturated rings. The molecule has 2 rings (SSSR count). The highest BCUT2D eigenvalue weighted by atomic mass is 79.9. The molecule has 0 bridgehead atoms. The van der Waals surface area contributed by atoms with Crippen molar-refractivity contribution in [3.8, 4) is 0 Å². The molecule has 0 aliphatic carbocycles. The minimum Gasteiger partial charge on any atom is -0.383 e. The molecule has 0 saturated heterocycles. The van der Waals surface area contributed by atoms with Gasteiger partial charge in [0.15, 0.2) is 0 Å². The molecule has 1 atom stereocenters. The topological polar surface area (TPSA) is 38.0 Å². The molecular weight excluding hydrogens is 345 g/mol. The second kappa shape index (κ2) is 6.49. The third kappa shape index (κ3) is 4.22. The van der Waals surface area contributed by atoms with Crippen molar-refractivity contribution in [3.05, 3.63) is 64.1 Å². The van der Waals surface area contributed by atoms with Crippen LogP contribution in [0.25, 0.3) is 0 Å². The number of nitrogens with one attached hydrogen (secondary N) is 1. The summed E-state index contributed by atoms with van der Waals surface area (Å²) in [6.07, 6.45) is -4.41. The average molecular weight is 359 g/mol. The Balaban J connectivity index is 2.14. The number of benzene rings is 2. The molecule has 0 amide bonds. The van der Waals surface area contributed by atoms with E-state index in [-0.39, 0.29) is 18.3 Å². The van der Waals surface area contributed by atoms with E-state index in [1.807, 2.05) is 30.3 Å². The Bertz CT molecular complexity index is 600. The second-order valence-electron chi connectivity index (χ2n) is 4.59. The molecule has 1 unspecified atom stereocenters. The van der Waals surface area contributed by atoms with Gasteiger partial charge in [-0.2, -0.15) is 13.2 Å². The van der Waals surface area contributed by atoms with Crippen LogP contribution in [0, 0.1) is 0 Å². The van der Waals surface area contributed by atoms with Crippen LogP contribution in [0.1, 0.15) is 17.2 Å². The van der Waals surface area contributed by atoms with E-state index in [1.165, 1.54) is 6.07 Å². The molecule has 0 aliphatic rings. The van der Waals surface area contributed by atoms with E-state index >= 15 is 0 Å². The number of hydrogen-bond acceptors (Lipinski definition) is 2. The smallest absolute Gasteiger partial charge is 0.383 e. The van der Waals surface area contributed by atoms with Crippen LogP contribution in [-0.4, -0.2) is 6.54 Å². The van der Waals surface area contributed by atoms with E-state index in [0.717, 1.165) is 11.6 Å². The van der Waals surface area contributed by atoms with Crippen LogP contribution < -0.4 is 11.1 Å². The maximum Gasteiger partial charge on any atom is 0.418 e. The molecule has 3 N–H and O–H groups in total.